The number of Topliss-reactive ketones (excluding diaryl/α,β-unsaturated/α-hetero) is 1. The molecule has 27 heavy (non-hydrogen) atoms. The van der Waals surface area contributed by atoms with Crippen molar-refractivity contribution >= 4 is 23.7 Å². The van der Waals surface area contributed by atoms with Gasteiger partial charge in [0.2, 0.25) is 0 Å². The molecule has 1 unspecified atom stereocenters. The average Bonchev–Trinajstić information content (AvgIpc) is 2.91. The van der Waals surface area contributed by atoms with Gasteiger partial charge in [0.25, 0.3) is 0 Å². The summed E-state index contributed by atoms with van der Waals surface area (Å²) in [6.45, 7) is 4.05. The Bertz CT molecular complexity index is 776. The molecule has 1 aliphatic carbocycles. The van der Waals surface area contributed by atoms with Crippen LogP contribution in [0.5, 0.6) is 0 Å². The zero-order chi connectivity index (χ0) is 19.1. The SMILES string of the molecule is CC(=O)CCC[PH](C1=C=CCC(C)CC1)(c1ccccc1)c1ccccc1. The van der Waals surface area contributed by atoms with Crippen LogP contribution in [0.15, 0.2) is 77.8 Å². The van der Waals surface area contributed by atoms with Crippen LogP contribution < -0.4 is 10.6 Å². The van der Waals surface area contributed by atoms with E-state index in [9.17, 15) is 4.79 Å². The molecule has 0 aromatic heterocycles. The molecule has 2 aromatic rings. The quantitative estimate of drug-likeness (QED) is 0.452. The van der Waals surface area contributed by atoms with Crippen LogP contribution in [0.25, 0.3) is 0 Å². The van der Waals surface area contributed by atoms with Gasteiger partial charge in [0.15, 0.2) is 0 Å². The number of rotatable bonds is 7. The van der Waals surface area contributed by atoms with Crippen molar-refractivity contribution in [3.8, 4) is 0 Å². The van der Waals surface area contributed by atoms with Gasteiger partial charge in [0.05, 0.1) is 0 Å². The molecule has 2 heteroatoms. The fourth-order valence-corrected chi connectivity index (χ4v) is 9.36. The normalized spacial score (nSPS) is 17.9. The van der Waals surface area contributed by atoms with Crippen LogP contribution in [0.3, 0.4) is 0 Å². The Morgan fingerprint density at radius 1 is 1.04 bits per heavy atom. The molecule has 0 aliphatic heterocycles. The van der Waals surface area contributed by atoms with Crippen LogP contribution >= 0.6 is 7.26 Å². The molecule has 0 radical (unpaired) electrons. The van der Waals surface area contributed by atoms with Crippen molar-refractivity contribution in [1.82, 2.24) is 0 Å². The van der Waals surface area contributed by atoms with E-state index in [2.05, 4.69) is 79.4 Å². The minimum atomic E-state index is -2.15. The zero-order valence-electron chi connectivity index (χ0n) is 16.6. The first-order valence-electron chi connectivity index (χ1n) is 10.2. The number of allylic oxidation sites excluding steroid dienone is 1. The summed E-state index contributed by atoms with van der Waals surface area (Å²) in [4.78, 5) is 11.7. The van der Waals surface area contributed by atoms with Crippen molar-refractivity contribution in [3.63, 3.8) is 0 Å². The topological polar surface area (TPSA) is 17.1 Å². The summed E-state index contributed by atoms with van der Waals surface area (Å²) in [6, 6.07) is 22.1. The molecule has 0 N–H and O–H groups in total. The van der Waals surface area contributed by atoms with Gasteiger partial charge in [-0.1, -0.05) is 0 Å². The number of hydrogen-bond donors (Lipinski definition) is 0. The summed E-state index contributed by atoms with van der Waals surface area (Å²) in [5, 5.41) is 4.41. The van der Waals surface area contributed by atoms with Gasteiger partial charge >= 0.3 is 164 Å². The summed E-state index contributed by atoms with van der Waals surface area (Å²) >= 11 is 0. The minimum absolute atomic E-state index is 0.290. The van der Waals surface area contributed by atoms with E-state index in [0.29, 0.717) is 12.3 Å². The van der Waals surface area contributed by atoms with E-state index in [0.717, 1.165) is 25.4 Å². The van der Waals surface area contributed by atoms with Gasteiger partial charge < -0.3 is 0 Å². The Labute approximate surface area is 164 Å². The van der Waals surface area contributed by atoms with Crippen molar-refractivity contribution in [2.45, 2.75) is 46.0 Å². The number of benzene rings is 2. The summed E-state index contributed by atoms with van der Waals surface area (Å²) in [5.41, 5.74) is 3.76. The van der Waals surface area contributed by atoms with Gasteiger partial charge in [-0.25, -0.2) is 0 Å². The van der Waals surface area contributed by atoms with Crippen LogP contribution in [-0.4, -0.2) is 11.9 Å². The average molecular weight is 378 g/mol. The summed E-state index contributed by atoms with van der Waals surface area (Å²) < 4.78 is 0. The third-order valence-corrected chi connectivity index (χ3v) is 11.0. The van der Waals surface area contributed by atoms with Crippen LogP contribution in [0, 0.1) is 5.92 Å². The fourth-order valence-electron chi connectivity index (χ4n) is 4.30. The van der Waals surface area contributed by atoms with Crippen LogP contribution in [0.2, 0.25) is 0 Å². The van der Waals surface area contributed by atoms with Crippen LogP contribution in [0.1, 0.15) is 46.0 Å². The molecule has 0 bridgehead atoms. The van der Waals surface area contributed by atoms with E-state index in [-0.39, 0.29) is 5.78 Å². The van der Waals surface area contributed by atoms with Crippen molar-refractivity contribution in [1.29, 1.82) is 0 Å². The second kappa shape index (κ2) is 9.32. The first kappa shape index (κ1) is 19.8. The molecule has 1 nitrogen and oxygen atoms in total. The van der Waals surface area contributed by atoms with Crippen LogP contribution in [-0.2, 0) is 4.79 Å². The first-order chi connectivity index (χ1) is 13.1. The van der Waals surface area contributed by atoms with E-state index in [1.54, 1.807) is 6.92 Å². The Hall–Kier alpha value is -1.94. The van der Waals surface area contributed by atoms with E-state index < -0.39 is 7.26 Å². The standard InChI is InChI=1S/C25H31OP/c1-21-11-9-17-25(19-18-21)27(20-10-12-22(2)26,23-13-5-3-6-14-23)24-15-7-4-8-16-24/h3-9,13-16,21,27H,10-12,18-20H2,1-2H3. The van der Waals surface area contributed by atoms with Gasteiger partial charge in [-0.2, -0.15) is 0 Å². The third-order valence-electron chi connectivity index (χ3n) is 5.81. The molecular formula is C25H31OP. The summed E-state index contributed by atoms with van der Waals surface area (Å²) in [5.74, 6) is 1.00. The maximum absolute atomic E-state index is 11.7. The second-order valence-corrected chi connectivity index (χ2v) is 12.0. The monoisotopic (exact) mass is 378 g/mol. The van der Waals surface area contributed by atoms with Gasteiger partial charge in [0, 0.05) is 0 Å². The molecule has 0 amide bonds. The zero-order valence-corrected chi connectivity index (χ0v) is 17.6. The first-order valence-corrected chi connectivity index (χ1v) is 12.4. The predicted octanol–water partition coefficient (Wildman–Crippen LogP) is 5.62. The Morgan fingerprint density at radius 3 is 2.19 bits per heavy atom. The molecule has 3 rings (SSSR count). The van der Waals surface area contributed by atoms with E-state index in [1.807, 2.05) is 0 Å². The van der Waals surface area contributed by atoms with Gasteiger partial charge in [-0.15, -0.1) is 0 Å². The molecule has 0 saturated carbocycles. The number of carbonyl (C=O) groups is 1. The fraction of sp³-hybridized carbons (Fsp3) is 0.360. The number of carbonyl (C=O) groups excluding carboxylic acids is 1. The summed E-state index contributed by atoms with van der Waals surface area (Å²) in [6.07, 6.45) is 8.42. The summed E-state index contributed by atoms with van der Waals surface area (Å²) in [7, 11) is -2.15. The van der Waals surface area contributed by atoms with Gasteiger partial charge in [0.1, 0.15) is 0 Å². The molecule has 2 aromatic carbocycles. The molecule has 0 saturated heterocycles. The third kappa shape index (κ3) is 4.67. The van der Waals surface area contributed by atoms with Crippen molar-refractivity contribution in [2.75, 3.05) is 6.16 Å². The van der Waals surface area contributed by atoms with E-state index in [1.165, 1.54) is 22.3 Å². The second-order valence-electron chi connectivity index (χ2n) is 7.90. The Morgan fingerprint density at radius 2 is 1.63 bits per heavy atom. The molecule has 0 spiro atoms. The molecular weight excluding hydrogens is 347 g/mol. The Kier molecular flexibility index (Phi) is 6.84. The van der Waals surface area contributed by atoms with Crippen molar-refractivity contribution in [3.05, 3.63) is 77.8 Å². The van der Waals surface area contributed by atoms with Gasteiger partial charge in [-0.05, 0) is 0 Å². The molecule has 142 valence electrons. The van der Waals surface area contributed by atoms with Crippen molar-refractivity contribution < 1.29 is 4.79 Å². The molecule has 0 fully saturated rings. The molecule has 1 atom stereocenters. The predicted molar refractivity (Wildman–Crippen MR) is 120 cm³/mol. The molecule has 0 heterocycles. The molecule has 1 aliphatic rings. The van der Waals surface area contributed by atoms with Crippen LogP contribution in [0.4, 0.5) is 0 Å². The van der Waals surface area contributed by atoms with E-state index >= 15 is 0 Å². The maximum atomic E-state index is 11.7. The Balaban J connectivity index is 2.15. The van der Waals surface area contributed by atoms with E-state index in [4.69, 9.17) is 0 Å². The number of ketones is 1. The van der Waals surface area contributed by atoms with Gasteiger partial charge in [-0.3, -0.25) is 0 Å². The number of hydrogen-bond acceptors (Lipinski definition) is 1. The van der Waals surface area contributed by atoms with Crippen molar-refractivity contribution in [2.24, 2.45) is 5.92 Å².